The van der Waals surface area contributed by atoms with E-state index in [9.17, 15) is 4.79 Å². The lowest BCUT2D eigenvalue weighted by molar-refractivity contribution is -0.125. The smallest absolute Gasteiger partial charge is 0.246 e. The van der Waals surface area contributed by atoms with Gasteiger partial charge in [0, 0.05) is 44.5 Å². The minimum Gasteiger partial charge on any atom is -0.372 e. The molecular formula is C13H17N5O2. The van der Waals surface area contributed by atoms with Crippen molar-refractivity contribution < 1.29 is 9.53 Å². The monoisotopic (exact) mass is 275 g/mol. The van der Waals surface area contributed by atoms with Gasteiger partial charge in [0.1, 0.15) is 6.61 Å². The van der Waals surface area contributed by atoms with E-state index >= 15 is 0 Å². The van der Waals surface area contributed by atoms with E-state index in [-0.39, 0.29) is 12.5 Å². The Labute approximate surface area is 117 Å². The molecule has 0 aromatic carbocycles. The van der Waals surface area contributed by atoms with E-state index in [0.29, 0.717) is 31.3 Å². The predicted molar refractivity (Wildman–Crippen MR) is 72.8 cm³/mol. The van der Waals surface area contributed by atoms with Gasteiger partial charge in [-0.25, -0.2) is 15.0 Å². The first kappa shape index (κ1) is 14.1. The van der Waals surface area contributed by atoms with E-state index < -0.39 is 0 Å². The van der Waals surface area contributed by atoms with Crippen LogP contribution in [-0.2, 0) is 16.1 Å². The molecule has 0 aliphatic rings. The van der Waals surface area contributed by atoms with Gasteiger partial charge in [-0.2, -0.15) is 0 Å². The Morgan fingerprint density at radius 3 is 2.85 bits per heavy atom. The first-order valence-electron chi connectivity index (χ1n) is 6.44. The maximum atomic E-state index is 11.4. The highest BCUT2D eigenvalue weighted by atomic mass is 16.5. The molecule has 0 atom stereocenters. The zero-order valence-electron chi connectivity index (χ0n) is 11.3. The first-order valence-corrected chi connectivity index (χ1v) is 6.44. The van der Waals surface area contributed by atoms with Crippen molar-refractivity contribution in [3.8, 4) is 11.6 Å². The second kappa shape index (κ2) is 7.34. The van der Waals surface area contributed by atoms with Crippen molar-refractivity contribution in [3.05, 3.63) is 30.9 Å². The average Bonchev–Trinajstić information content (AvgIpc) is 2.94. The van der Waals surface area contributed by atoms with Gasteiger partial charge in [0.15, 0.2) is 11.6 Å². The van der Waals surface area contributed by atoms with Crippen molar-refractivity contribution in [1.82, 2.24) is 24.8 Å². The Morgan fingerprint density at radius 1 is 1.30 bits per heavy atom. The zero-order chi connectivity index (χ0) is 14.2. The summed E-state index contributed by atoms with van der Waals surface area (Å²) < 4.78 is 6.92. The van der Waals surface area contributed by atoms with Gasteiger partial charge in [-0.15, -0.1) is 0 Å². The lowest BCUT2D eigenvalue weighted by atomic mass is 10.5. The standard InChI is InChI=1S/C13H17N5O2/c1-2-20-10-11(19)14-6-8-18-9-7-17-13(18)12-15-4-3-5-16-12/h3-5,7,9H,2,6,8,10H2,1H3,(H,14,19). The third-order valence-electron chi connectivity index (χ3n) is 2.59. The number of amides is 1. The first-order chi connectivity index (χ1) is 9.81. The number of nitrogens with one attached hydrogen (secondary N) is 1. The topological polar surface area (TPSA) is 81.9 Å². The molecule has 0 radical (unpaired) electrons. The van der Waals surface area contributed by atoms with E-state index in [2.05, 4.69) is 20.3 Å². The Balaban J connectivity index is 1.89. The number of hydrogen-bond donors (Lipinski definition) is 1. The fraction of sp³-hybridized carbons (Fsp3) is 0.385. The van der Waals surface area contributed by atoms with E-state index in [4.69, 9.17) is 4.74 Å². The molecule has 0 aliphatic carbocycles. The van der Waals surface area contributed by atoms with Crippen LogP contribution in [0.1, 0.15) is 6.92 Å². The number of imidazole rings is 1. The van der Waals surface area contributed by atoms with Crippen LogP contribution in [0.5, 0.6) is 0 Å². The Morgan fingerprint density at radius 2 is 2.10 bits per heavy atom. The van der Waals surface area contributed by atoms with Crippen LogP contribution in [0.15, 0.2) is 30.9 Å². The molecule has 2 aromatic rings. The summed E-state index contributed by atoms with van der Waals surface area (Å²) in [5, 5.41) is 2.78. The summed E-state index contributed by atoms with van der Waals surface area (Å²) in [5.74, 6) is 1.13. The Kier molecular flexibility index (Phi) is 5.19. The SMILES string of the molecule is CCOCC(=O)NCCn1ccnc1-c1ncccn1. The molecule has 7 heteroatoms. The summed E-state index contributed by atoms with van der Waals surface area (Å²) in [6.07, 6.45) is 6.87. The number of aromatic nitrogens is 4. The van der Waals surface area contributed by atoms with Crippen LogP contribution in [0, 0.1) is 0 Å². The summed E-state index contributed by atoms with van der Waals surface area (Å²) >= 11 is 0. The van der Waals surface area contributed by atoms with Crippen LogP contribution in [-0.4, -0.2) is 45.2 Å². The van der Waals surface area contributed by atoms with Crippen molar-refractivity contribution in [3.63, 3.8) is 0 Å². The molecule has 106 valence electrons. The van der Waals surface area contributed by atoms with Gasteiger partial charge in [0.25, 0.3) is 0 Å². The van der Waals surface area contributed by atoms with Crippen LogP contribution < -0.4 is 5.32 Å². The molecule has 2 rings (SSSR count). The molecule has 20 heavy (non-hydrogen) atoms. The van der Waals surface area contributed by atoms with E-state index in [0.717, 1.165) is 0 Å². The molecule has 0 saturated carbocycles. The van der Waals surface area contributed by atoms with Gasteiger partial charge in [-0.1, -0.05) is 0 Å². The Bertz CT molecular complexity index is 541. The molecule has 0 spiro atoms. The van der Waals surface area contributed by atoms with Crippen molar-refractivity contribution in [2.75, 3.05) is 19.8 Å². The molecule has 0 fully saturated rings. The minimum atomic E-state index is -0.121. The van der Waals surface area contributed by atoms with Gasteiger partial charge < -0.3 is 14.6 Å². The maximum absolute atomic E-state index is 11.4. The second-order valence-electron chi connectivity index (χ2n) is 4.00. The Hall–Kier alpha value is -2.28. The molecular weight excluding hydrogens is 258 g/mol. The molecule has 0 bridgehead atoms. The third-order valence-corrected chi connectivity index (χ3v) is 2.59. The largest absolute Gasteiger partial charge is 0.372 e. The maximum Gasteiger partial charge on any atom is 0.246 e. The van der Waals surface area contributed by atoms with Gasteiger partial charge >= 0.3 is 0 Å². The summed E-state index contributed by atoms with van der Waals surface area (Å²) in [5.41, 5.74) is 0. The third kappa shape index (κ3) is 3.86. The number of carbonyl (C=O) groups excluding carboxylic acids is 1. The molecule has 7 nitrogen and oxygen atoms in total. The second-order valence-corrected chi connectivity index (χ2v) is 4.00. The van der Waals surface area contributed by atoms with Crippen LogP contribution in [0.3, 0.4) is 0 Å². The number of rotatable bonds is 7. The van der Waals surface area contributed by atoms with Gasteiger partial charge in [0.05, 0.1) is 0 Å². The molecule has 0 aliphatic heterocycles. The number of nitrogens with zero attached hydrogens (tertiary/aromatic N) is 4. The van der Waals surface area contributed by atoms with Gasteiger partial charge in [-0.05, 0) is 13.0 Å². The fourth-order valence-electron chi connectivity index (χ4n) is 1.67. The molecule has 0 saturated heterocycles. The highest BCUT2D eigenvalue weighted by Gasteiger charge is 2.08. The van der Waals surface area contributed by atoms with Crippen molar-refractivity contribution in [1.29, 1.82) is 0 Å². The average molecular weight is 275 g/mol. The lowest BCUT2D eigenvalue weighted by Crippen LogP contribution is -2.30. The van der Waals surface area contributed by atoms with Crippen LogP contribution in [0.2, 0.25) is 0 Å². The molecule has 2 heterocycles. The number of ether oxygens (including phenoxy) is 1. The molecule has 1 N–H and O–H groups in total. The molecule has 0 unspecified atom stereocenters. The van der Waals surface area contributed by atoms with Crippen LogP contribution >= 0.6 is 0 Å². The highest BCUT2D eigenvalue weighted by molar-refractivity contribution is 5.77. The minimum absolute atomic E-state index is 0.0923. The van der Waals surface area contributed by atoms with Crippen molar-refractivity contribution in [2.45, 2.75) is 13.5 Å². The summed E-state index contributed by atoms with van der Waals surface area (Å²) in [4.78, 5) is 24.0. The van der Waals surface area contributed by atoms with Gasteiger partial charge in [-0.3, -0.25) is 4.79 Å². The normalized spacial score (nSPS) is 10.4. The predicted octanol–water partition coefficient (Wildman–Crippen LogP) is 0.493. The fourth-order valence-corrected chi connectivity index (χ4v) is 1.67. The number of carbonyl (C=O) groups is 1. The van der Waals surface area contributed by atoms with Crippen molar-refractivity contribution >= 4 is 5.91 Å². The number of hydrogen-bond acceptors (Lipinski definition) is 5. The summed E-state index contributed by atoms with van der Waals surface area (Å²) in [6.45, 7) is 3.58. The quantitative estimate of drug-likeness (QED) is 0.795. The lowest BCUT2D eigenvalue weighted by Gasteiger charge is -2.08. The summed E-state index contributed by atoms with van der Waals surface area (Å²) in [6, 6.07) is 1.75. The van der Waals surface area contributed by atoms with E-state index in [1.54, 1.807) is 24.7 Å². The highest BCUT2D eigenvalue weighted by Crippen LogP contribution is 2.10. The van der Waals surface area contributed by atoms with Crippen LogP contribution in [0.4, 0.5) is 0 Å². The zero-order valence-corrected chi connectivity index (χ0v) is 11.3. The van der Waals surface area contributed by atoms with Crippen molar-refractivity contribution in [2.24, 2.45) is 0 Å². The molecule has 2 aromatic heterocycles. The van der Waals surface area contributed by atoms with Crippen LogP contribution in [0.25, 0.3) is 11.6 Å². The van der Waals surface area contributed by atoms with Gasteiger partial charge in [0.2, 0.25) is 5.91 Å². The van der Waals surface area contributed by atoms with E-state index in [1.165, 1.54) is 0 Å². The molecule has 1 amide bonds. The summed E-state index contributed by atoms with van der Waals surface area (Å²) in [7, 11) is 0. The van der Waals surface area contributed by atoms with E-state index in [1.807, 2.05) is 17.7 Å².